The molecule has 6 heteroatoms. The second-order valence-electron chi connectivity index (χ2n) is 8.53. The summed E-state index contributed by atoms with van der Waals surface area (Å²) in [5.74, 6) is 1.46. The topological polar surface area (TPSA) is 85.2 Å². The monoisotopic (exact) mass is 396 g/mol. The number of Topliss-reactive ketones (excluding diaryl/α,β-unsaturated/α-hetero) is 1. The maximum Gasteiger partial charge on any atom is 0.178 e. The van der Waals surface area contributed by atoms with E-state index in [4.69, 9.17) is 14.2 Å². The first-order valence-electron chi connectivity index (χ1n) is 9.90. The number of ketones is 1. The Bertz CT molecular complexity index is 1020. The molecule has 0 aliphatic carbocycles. The van der Waals surface area contributed by atoms with Crippen molar-refractivity contribution < 1.29 is 29.2 Å². The first kappa shape index (κ1) is 18.5. The molecule has 0 spiro atoms. The molecule has 0 aromatic heterocycles. The van der Waals surface area contributed by atoms with Crippen molar-refractivity contribution in [2.24, 2.45) is 0 Å². The van der Waals surface area contributed by atoms with Gasteiger partial charge in [0.25, 0.3) is 0 Å². The standard InChI is InChI=1S/C23H24O6/c1-11-6-14-17(7-12(11)2)27-9-18-20(14)21(25)13-4-5-16-15(22(13)29-18)8-19(28-16)23(3,26)10-24/h4-7,18-20,24,26H,8-10H2,1-3H3/t18-,19-,20+,23-/m1/s1. The molecule has 0 unspecified atom stereocenters. The van der Waals surface area contributed by atoms with Crippen molar-refractivity contribution in [3.63, 3.8) is 0 Å². The number of aliphatic hydroxyl groups is 2. The third-order valence-corrected chi connectivity index (χ3v) is 6.44. The van der Waals surface area contributed by atoms with E-state index in [9.17, 15) is 15.0 Å². The smallest absolute Gasteiger partial charge is 0.178 e. The summed E-state index contributed by atoms with van der Waals surface area (Å²) in [6, 6.07) is 7.50. The van der Waals surface area contributed by atoms with Gasteiger partial charge in [0, 0.05) is 17.5 Å². The van der Waals surface area contributed by atoms with Crippen LogP contribution in [0.2, 0.25) is 0 Å². The van der Waals surface area contributed by atoms with Gasteiger partial charge in [-0.3, -0.25) is 4.79 Å². The van der Waals surface area contributed by atoms with Crippen molar-refractivity contribution in [2.75, 3.05) is 13.2 Å². The Kier molecular flexibility index (Phi) is 3.95. The van der Waals surface area contributed by atoms with Gasteiger partial charge in [0.05, 0.1) is 18.1 Å². The lowest BCUT2D eigenvalue weighted by Gasteiger charge is -2.37. The number of carbonyl (C=O) groups is 1. The van der Waals surface area contributed by atoms with Crippen LogP contribution < -0.4 is 14.2 Å². The minimum absolute atomic E-state index is 0.0178. The molecule has 3 aliphatic rings. The Morgan fingerprint density at radius 1 is 1.14 bits per heavy atom. The van der Waals surface area contributed by atoms with Gasteiger partial charge >= 0.3 is 0 Å². The highest BCUT2D eigenvalue weighted by molar-refractivity contribution is 6.05. The van der Waals surface area contributed by atoms with Gasteiger partial charge in [0.15, 0.2) is 5.78 Å². The van der Waals surface area contributed by atoms with Gasteiger partial charge in [-0.2, -0.15) is 0 Å². The lowest BCUT2D eigenvalue weighted by Crippen LogP contribution is -2.45. The average molecular weight is 396 g/mol. The lowest BCUT2D eigenvalue weighted by molar-refractivity contribution is -0.0729. The predicted octanol–water partition coefficient (Wildman–Crippen LogP) is 2.47. The Balaban J connectivity index is 1.56. The van der Waals surface area contributed by atoms with Gasteiger partial charge in [0.1, 0.15) is 41.7 Å². The molecule has 0 saturated carbocycles. The summed E-state index contributed by atoms with van der Waals surface area (Å²) in [6.45, 7) is 5.48. The van der Waals surface area contributed by atoms with Crippen molar-refractivity contribution in [1.82, 2.24) is 0 Å². The van der Waals surface area contributed by atoms with Gasteiger partial charge in [-0.05, 0) is 50.1 Å². The van der Waals surface area contributed by atoms with E-state index >= 15 is 0 Å². The molecule has 0 amide bonds. The zero-order valence-corrected chi connectivity index (χ0v) is 16.7. The number of aliphatic hydroxyl groups excluding tert-OH is 1. The SMILES string of the molecule is Cc1cc2c(cc1C)[C@@H]1C(=O)c3ccc4c(c3O[C@@H]1CO2)C[C@H]([C@](C)(O)CO)O4. The van der Waals surface area contributed by atoms with Gasteiger partial charge < -0.3 is 24.4 Å². The number of rotatable bonds is 2. The molecule has 0 saturated heterocycles. The lowest BCUT2D eigenvalue weighted by atomic mass is 9.80. The molecule has 29 heavy (non-hydrogen) atoms. The quantitative estimate of drug-likeness (QED) is 0.811. The number of fused-ring (bicyclic) bond motifs is 6. The van der Waals surface area contributed by atoms with E-state index in [-0.39, 0.29) is 5.78 Å². The molecular weight excluding hydrogens is 372 g/mol. The Hall–Kier alpha value is -2.57. The minimum Gasteiger partial charge on any atom is -0.489 e. The highest BCUT2D eigenvalue weighted by atomic mass is 16.5. The third kappa shape index (κ3) is 2.66. The van der Waals surface area contributed by atoms with E-state index in [0.29, 0.717) is 30.1 Å². The molecule has 2 aromatic rings. The predicted molar refractivity (Wildman–Crippen MR) is 105 cm³/mol. The molecular formula is C23H24O6. The average Bonchev–Trinajstić information content (AvgIpc) is 3.15. The summed E-state index contributed by atoms with van der Waals surface area (Å²) < 4.78 is 18.1. The fourth-order valence-corrected chi connectivity index (χ4v) is 4.45. The summed E-state index contributed by atoms with van der Waals surface area (Å²) in [5.41, 5.74) is 3.03. The van der Waals surface area contributed by atoms with Gasteiger partial charge in [-0.1, -0.05) is 6.07 Å². The highest BCUT2D eigenvalue weighted by Crippen LogP contribution is 2.48. The largest absolute Gasteiger partial charge is 0.489 e. The zero-order chi connectivity index (χ0) is 20.5. The van der Waals surface area contributed by atoms with Crippen LogP contribution in [0.3, 0.4) is 0 Å². The molecule has 2 N–H and O–H groups in total. The Morgan fingerprint density at radius 3 is 2.66 bits per heavy atom. The van der Waals surface area contributed by atoms with Gasteiger partial charge in [-0.25, -0.2) is 0 Å². The first-order chi connectivity index (χ1) is 13.8. The molecule has 152 valence electrons. The van der Waals surface area contributed by atoms with Crippen LogP contribution >= 0.6 is 0 Å². The van der Waals surface area contributed by atoms with Crippen molar-refractivity contribution in [2.45, 2.75) is 50.9 Å². The normalized spacial score (nSPS) is 26.1. The van der Waals surface area contributed by atoms with E-state index in [0.717, 1.165) is 28.0 Å². The van der Waals surface area contributed by atoms with Crippen molar-refractivity contribution in [3.05, 3.63) is 52.1 Å². The number of aryl methyl sites for hydroxylation is 2. The molecule has 6 nitrogen and oxygen atoms in total. The number of hydrogen-bond acceptors (Lipinski definition) is 6. The number of hydrogen-bond donors (Lipinski definition) is 2. The number of benzene rings is 2. The van der Waals surface area contributed by atoms with Gasteiger partial charge in [-0.15, -0.1) is 0 Å². The number of ether oxygens (including phenoxy) is 3. The van der Waals surface area contributed by atoms with Crippen LogP contribution in [0.5, 0.6) is 17.2 Å². The summed E-state index contributed by atoms with van der Waals surface area (Å²) >= 11 is 0. The van der Waals surface area contributed by atoms with Crippen LogP contribution in [0.25, 0.3) is 0 Å². The Labute approximate surface area is 169 Å². The molecule has 5 rings (SSSR count). The van der Waals surface area contributed by atoms with Crippen molar-refractivity contribution in [1.29, 1.82) is 0 Å². The first-order valence-corrected chi connectivity index (χ1v) is 9.90. The fraction of sp³-hybridized carbons (Fsp3) is 0.435. The van der Waals surface area contributed by atoms with Crippen LogP contribution in [-0.2, 0) is 6.42 Å². The summed E-state index contributed by atoms with van der Waals surface area (Å²) in [7, 11) is 0. The van der Waals surface area contributed by atoms with Gasteiger partial charge in [0.2, 0.25) is 0 Å². The molecule has 0 fully saturated rings. The molecule has 0 radical (unpaired) electrons. The third-order valence-electron chi connectivity index (χ3n) is 6.44. The van der Waals surface area contributed by atoms with Crippen LogP contribution in [0.15, 0.2) is 24.3 Å². The van der Waals surface area contributed by atoms with E-state index in [1.807, 2.05) is 26.0 Å². The summed E-state index contributed by atoms with van der Waals surface area (Å²) in [6.07, 6.45) is -0.639. The van der Waals surface area contributed by atoms with Crippen molar-refractivity contribution >= 4 is 5.78 Å². The second kappa shape index (κ2) is 6.21. The molecule has 0 bridgehead atoms. The minimum atomic E-state index is -1.38. The zero-order valence-electron chi connectivity index (χ0n) is 16.7. The molecule has 4 atom stereocenters. The van der Waals surface area contributed by atoms with Crippen LogP contribution in [-0.4, -0.2) is 47.0 Å². The summed E-state index contributed by atoms with van der Waals surface area (Å²) in [4.78, 5) is 13.5. The van der Waals surface area contributed by atoms with E-state index in [1.165, 1.54) is 6.92 Å². The Morgan fingerprint density at radius 2 is 1.90 bits per heavy atom. The van der Waals surface area contributed by atoms with Crippen LogP contribution in [0.4, 0.5) is 0 Å². The second-order valence-corrected chi connectivity index (χ2v) is 8.53. The van der Waals surface area contributed by atoms with E-state index in [2.05, 4.69) is 0 Å². The fourth-order valence-electron chi connectivity index (χ4n) is 4.45. The van der Waals surface area contributed by atoms with E-state index < -0.39 is 30.3 Å². The summed E-state index contributed by atoms with van der Waals surface area (Å²) in [5, 5.41) is 19.9. The number of carbonyl (C=O) groups excluding carboxylic acids is 1. The molecule has 3 aliphatic heterocycles. The van der Waals surface area contributed by atoms with Crippen LogP contribution in [0, 0.1) is 13.8 Å². The highest BCUT2D eigenvalue weighted by Gasteiger charge is 2.46. The van der Waals surface area contributed by atoms with E-state index in [1.54, 1.807) is 12.1 Å². The van der Waals surface area contributed by atoms with Crippen molar-refractivity contribution in [3.8, 4) is 17.2 Å². The molecule has 2 aromatic carbocycles. The van der Waals surface area contributed by atoms with Crippen LogP contribution in [0.1, 0.15) is 45.5 Å². The molecule has 3 heterocycles. The maximum atomic E-state index is 13.5. The maximum absolute atomic E-state index is 13.5.